The molecule has 1 aromatic rings. The van der Waals surface area contributed by atoms with Gasteiger partial charge in [-0.15, -0.1) is 0 Å². The molecule has 0 radical (unpaired) electrons. The number of anilines is 1. The van der Waals surface area contributed by atoms with Crippen LogP contribution in [0.2, 0.25) is 0 Å². The van der Waals surface area contributed by atoms with E-state index in [2.05, 4.69) is 15.0 Å². The first-order valence-electron chi connectivity index (χ1n) is 11.6. The number of carbonyl (C=O) groups excluding carboxylic acids is 1. The van der Waals surface area contributed by atoms with Gasteiger partial charge >= 0.3 is 24.4 Å². The Morgan fingerprint density at radius 1 is 1.08 bits per heavy atom. The van der Waals surface area contributed by atoms with Gasteiger partial charge in [-0.1, -0.05) is 12.1 Å². The molecule has 1 spiro atoms. The van der Waals surface area contributed by atoms with E-state index in [9.17, 15) is 41.0 Å². The molecular weight excluding hydrogens is 496 g/mol. The second kappa shape index (κ2) is 10.3. The number of hydrogen-bond acceptors (Lipinski definition) is 5. The number of carboxylic acid groups (broad SMARTS) is 1. The maximum absolute atomic E-state index is 12.8. The fourth-order valence-corrected chi connectivity index (χ4v) is 4.87. The molecule has 202 valence electrons. The zero-order valence-electron chi connectivity index (χ0n) is 19.9. The van der Waals surface area contributed by atoms with Gasteiger partial charge in [0, 0.05) is 30.9 Å². The predicted molar refractivity (Wildman–Crippen MR) is 117 cm³/mol. The average Bonchev–Trinajstić information content (AvgIpc) is 3.13. The van der Waals surface area contributed by atoms with Gasteiger partial charge in [-0.2, -0.15) is 26.3 Å². The second-order valence-electron chi connectivity index (χ2n) is 9.45. The second-order valence-corrected chi connectivity index (χ2v) is 9.45. The van der Waals surface area contributed by atoms with Crippen molar-refractivity contribution in [3.05, 3.63) is 29.3 Å². The van der Waals surface area contributed by atoms with Crippen LogP contribution in [-0.4, -0.2) is 76.6 Å². The maximum Gasteiger partial charge on any atom is 0.434 e. The summed E-state index contributed by atoms with van der Waals surface area (Å²) in [5.41, 5.74) is 2.12. The van der Waals surface area contributed by atoms with Crippen LogP contribution >= 0.6 is 0 Å². The Morgan fingerprint density at radius 3 is 2.25 bits per heavy atom. The van der Waals surface area contributed by atoms with Crippen molar-refractivity contribution in [2.75, 3.05) is 25.0 Å². The van der Waals surface area contributed by atoms with Crippen molar-refractivity contribution >= 4 is 17.7 Å². The van der Waals surface area contributed by atoms with E-state index in [0.29, 0.717) is 25.1 Å². The minimum atomic E-state index is -5.76. The minimum absolute atomic E-state index is 0.0349. The van der Waals surface area contributed by atoms with Crippen molar-refractivity contribution < 1.29 is 45.8 Å². The molecule has 13 heteroatoms. The molecule has 2 aliphatic heterocycles. The number of piperidine rings is 1. The summed E-state index contributed by atoms with van der Waals surface area (Å²) in [5, 5.41) is 12.3. The number of rotatable bonds is 6. The lowest BCUT2D eigenvalue weighted by Crippen LogP contribution is -2.54. The Kier molecular flexibility index (Phi) is 8.01. The third-order valence-corrected chi connectivity index (χ3v) is 6.88. The Labute approximate surface area is 204 Å². The van der Waals surface area contributed by atoms with Crippen LogP contribution in [0.5, 0.6) is 0 Å². The van der Waals surface area contributed by atoms with Crippen LogP contribution in [0.1, 0.15) is 43.7 Å². The molecule has 1 aromatic carbocycles. The number of nitrogens with one attached hydrogen (secondary N) is 1. The van der Waals surface area contributed by atoms with E-state index in [1.807, 2.05) is 25.1 Å². The summed E-state index contributed by atoms with van der Waals surface area (Å²) in [5.74, 6) is -1.00. The molecule has 2 aliphatic rings. The number of ether oxygens (including phenoxy) is 1. The number of likely N-dealkylation sites (tertiary alicyclic amines) is 2. The van der Waals surface area contributed by atoms with Crippen molar-refractivity contribution in [2.45, 2.75) is 76.1 Å². The first kappa shape index (κ1) is 27.9. The fraction of sp³-hybridized carbons (Fsp3) is 0.652. The third kappa shape index (κ3) is 6.34. The number of carboxylic acids is 1. The molecule has 0 aromatic heterocycles. The van der Waals surface area contributed by atoms with Crippen molar-refractivity contribution in [3.63, 3.8) is 0 Å². The highest BCUT2D eigenvalue weighted by atomic mass is 19.4. The fourth-order valence-electron chi connectivity index (χ4n) is 4.87. The Bertz CT molecular complexity index is 946. The highest BCUT2D eigenvalue weighted by Gasteiger charge is 2.60. The summed E-state index contributed by atoms with van der Waals surface area (Å²) in [6, 6.07) is 4.85. The minimum Gasteiger partial charge on any atom is -0.480 e. The van der Waals surface area contributed by atoms with Gasteiger partial charge in [-0.05, 0) is 63.3 Å². The van der Waals surface area contributed by atoms with Gasteiger partial charge in [-0.25, -0.2) is 4.79 Å². The lowest BCUT2D eigenvalue weighted by molar-refractivity contribution is -0.308. The van der Waals surface area contributed by atoms with Gasteiger partial charge in [0.15, 0.2) is 0 Å². The van der Waals surface area contributed by atoms with Gasteiger partial charge in [0.1, 0.15) is 6.04 Å². The van der Waals surface area contributed by atoms with E-state index < -0.39 is 36.6 Å². The molecule has 36 heavy (non-hydrogen) atoms. The molecule has 1 amide bonds. The molecule has 0 unspecified atom stereocenters. The van der Waals surface area contributed by atoms with Gasteiger partial charge in [0.2, 0.25) is 0 Å². The topological polar surface area (TPSA) is 82.1 Å². The molecule has 0 aliphatic carbocycles. The van der Waals surface area contributed by atoms with Crippen molar-refractivity contribution in [1.82, 2.24) is 9.80 Å². The van der Waals surface area contributed by atoms with E-state index >= 15 is 0 Å². The smallest absolute Gasteiger partial charge is 0.434 e. The first-order valence-corrected chi connectivity index (χ1v) is 11.6. The maximum atomic E-state index is 12.8. The predicted octanol–water partition coefficient (Wildman–Crippen LogP) is 4.94. The van der Waals surface area contributed by atoms with Gasteiger partial charge in [0.25, 0.3) is 6.10 Å². The molecule has 7 nitrogen and oxygen atoms in total. The third-order valence-electron chi connectivity index (χ3n) is 6.88. The number of nitrogens with zero attached hydrogens (tertiary/aromatic N) is 2. The monoisotopic (exact) mass is 525 g/mol. The summed E-state index contributed by atoms with van der Waals surface area (Å²) in [4.78, 5) is 26.5. The quantitative estimate of drug-likeness (QED) is 0.512. The molecule has 0 saturated carbocycles. The first-order chi connectivity index (χ1) is 16.6. The lowest BCUT2D eigenvalue weighted by Gasteiger charge is -2.45. The van der Waals surface area contributed by atoms with Crippen molar-refractivity contribution in [2.24, 2.45) is 0 Å². The number of amides is 1. The SMILES string of the molecule is Cc1ccc(CN2CCCC23CCN(C(=O)OC(C(F)(F)F)C(F)(F)F)CC3)c(N[C@@H](C)C(=O)O)c1. The molecule has 2 heterocycles. The zero-order valence-corrected chi connectivity index (χ0v) is 19.9. The average molecular weight is 525 g/mol. The van der Waals surface area contributed by atoms with Crippen LogP contribution in [0, 0.1) is 6.92 Å². The summed E-state index contributed by atoms with van der Waals surface area (Å²) in [7, 11) is 0. The van der Waals surface area contributed by atoms with Gasteiger partial charge in [-0.3, -0.25) is 9.69 Å². The molecule has 2 N–H and O–H groups in total. The van der Waals surface area contributed by atoms with Crippen molar-refractivity contribution in [3.8, 4) is 0 Å². The normalized spacial score (nSPS) is 19.5. The Balaban J connectivity index is 1.68. The van der Waals surface area contributed by atoms with E-state index in [4.69, 9.17) is 0 Å². The summed E-state index contributed by atoms with van der Waals surface area (Å²) < 4.78 is 80.4. The van der Waals surface area contributed by atoms with E-state index in [1.165, 1.54) is 6.92 Å². The number of carbonyl (C=O) groups is 2. The standard InChI is InChI=1S/C23H29F6N3O4/c1-14-4-5-16(17(12-14)30-15(2)18(33)34)13-32-9-3-6-21(32)7-10-31(11-8-21)20(35)36-19(22(24,25)26)23(27,28)29/h4-5,12,15,19,30H,3,6-11,13H2,1-2H3,(H,33,34)/t15-/m0/s1. The number of aliphatic carboxylic acids is 1. The summed E-state index contributed by atoms with van der Waals surface area (Å²) in [6.07, 6.45) is -15.0. The lowest BCUT2D eigenvalue weighted by atomic mass is 9.84. The number of benzene rings is 1. The molecule has 2 fully saturated rings. The molecule has 3 rings (SSSR count). The van der Waals surface area contributed by atoms with Crippen LogP contribution in [0.3, 0.4) is 0 Å². The van der Waals surface area contributed by atoms with E-state index in [0.717, 1.165) is 35.4 Å². The van der Waals surface area contributed by atoms with Crippen LogP contribution in [0.25, 0.3) is 0 Å². The highest BCUT2D eigenvalue weighted by molar-refractivity contribution is 5.77. The molecule has 0 bridgehead atoms. The number of hydrogen-bond donors (Lipinski definition) is 2. The summed E-state index contributed by atoms with van der Waals surface area (Å²) in [6.45, 7) is 4.54. The highest BCUT2D eigenvalue weighted by Crippen LogP contribution is 2.41. The van der Waals surface area contributed by atoms with Crippen LogP contribution < -0.4 is 5.32 Å². The Hall–Kier alpha value is -2.70. The molecule has 2 saturated heterocycles. The van der Waals surface area contributed by atoms with Crippen LogP contribution in [0.4, 0.5) is 36.8 Å². The van der Waals surface area contributed by atoms with Gasteiger partial charge < -0.3 is 20.1 Å². The van der Waals surface area contributed by atoms with Gasteiger partial charge in [0.05, 0.1) is 0 Å². The summed E-state index contributed by atoms with van der Waals surface area (Å²) >= 11 is 0. The molecule has 1 atom stereocenters. The number of aryl methyl sites for hydroxylation is 1. The Morgan fingerprint density at radius 2 is 1.69 bits per heavy atom. The molecular formula is C23H29F6N3O4. The van der Waals surface area contributed by atoms with Crippen molar-refractivity contribution in [1.29, 1.82) is 0 Å². The zero-order chi connectivity index (χ0) is 26.9. The number of alkyl halides is 6. The number of halogens is 6. The van der Waals surface area contributed by atoms with E-state index in [-0.39, 0.29) is 18.6 Å². The van der Waals surface area contributed by atoms with Crippen LogP contribution in [-0.2, 0) is 16.1 Å². The van der Waals surface area contributed by atoms with E-state index in [1.54, 1.807) is 0 Å². The largest absolute Gasteiger partial charge is 0.480 e. The van der Waals surface area contributed by atoms with Crippen LogP contribution in [0.15, 0.2) is 18.2 Å².